The summed E-state index contributed by atoms with van der Waals surface area (Å²) >= 11 is 1.51. The molecule has 17 heavy (non-hydrogen) atoms. The first-order valence-electron chi connectivity index (χ1n) is 5.38. The summed E-state index contributed by atoms with van der Waals surface area (Å²) in [6.07, 6.45) is 0. The molecule has 0 unspecified atom stereocenters. The number of thiazole rings is 1. The van der Waals surface area contributed by atoms with Gasteiger partial charge in [-0.1, -0.05) is 41.2 Å². The standard InChI is InChI=1S/C13H14N2OS/c1-8-5-4-6-11(7-8)12-9(2)14-13(17-12)15-10(3)16/h4-7H,1-3H3,(H,14,15,16). The molecule has 1 aromatic carbocycles. The summed E-state index contributed by atoms with van der Waals surface area (Å²) in [7, 11) is 0. The summed E-state index contributed by atoms with van der Waals surface area (Å²) in [5.41, 5.74) is 3.32. The van der Waals surface area contributed by atoms with Gasteiger partial charge in [-0.15, -0.1) is 0 Å². The Bertz CT molecular complexity index is 560. The van der Waals surface area contributed by atoms with E-state index in [2.05, 4.69) is 35.4 Å². The first kappa shape index (κ1) is 11.8. The van der Waals surface area contributed by atoms with E-state index in [1.165, 1.54) is 23.8 Å². The zero-order valence-corrected chi connectivity index (χ0v) is 10.9. The normalized spacial score (nSPS) is 10.3. The fourth-order valence-electron chi connectivity index (χ4n) is 1.65. The second-order valence-electron chi connectivity index (χ2n) is 3.98. The molecule has 0 fully saturated rings. The number of nitrogens with one attached hydrogen (secondary N) is 1. The number of rotatable bonds is 2. The highest BCUT2D eigenvalue weighted by Crippen LogP contribution is 2.32. The molecule has 0 aliphatic rings. The lowest BCUT2D eigenvalue weighted by Crippen LogP contribution is -2.04. The van der Waals surface area contributed by atoms with Crippen molar-refractivity contribution < 1.29 is 4.79 Å². The molecular formula is C13H14N2OS. The zero-order chi connectivity index (χ0) is 12.4. The van der Waals surface area contributed by atoms with Crippen molar-refractivity contribution in [2.75, 3.05) is 5.32 Å². The Balaban J connectivity index is 2.39. The lowest BCUT2D eigenvalue weighted by molar-refractivity contribution is -0.114. The summed E-state index contributed by atoms with van der Waals surface area (Å²) in [5.74, 6) is -0.0884. The lowest BCUT2D eigenvalue weighted by atomic mass is 10.1. The van der Waals surface area contributed by atoms with E-state index in [0.29, 0.717) is 5.13 Å². The average molecular weight is 246 g/mol. The molecule has 1 heterocycles. The Kier molecular flexibility index (Phi) is 3.24. The lowest BCUT2D eigenvalue weighted by Gasteiger charge is -1.99. The molecule has 1 aromatic heterocycles. The van der Waals surface area contributed by atoms with Gasteiger partial charge in [0.15, 0.2) is 5.13 Å². The van der Waals surface area contributed by atoms with Gasteiger partial charge in [0.2, 0.25) is 5.91 Å². The Morgan fingerprint density at radius 1 is 1.35 bits per heavy atom. The van der Waals surface area contributed by atoms with Crippen LogP contribution in [0.15, 0.2) is 24.3 Å². The maximum absolute atomic E-state index is 11.0. The molecule has 1 amide bonds. The van der Waals surface area contributed by atoms with Crippen LogP contribution in [-0.4, -0.2) is 10.9 Å². The van der Waals surface area contributed by atoms with Gasteiger partial charge in [0.05, 0.1) is 10.6 Å². The van der Waals surface area contributed by atoms with E-state index in [0.717, 1.165) is 16.1 Å². The zero-order valence-electron chi connectivity index (χ0n) is 10.1. The van der Waals surface area contributed by atoms with Crippen LogP contribution in [0.3, 0.4) is 0 Å². The molecule has 2 aromatic rings. The monoisotopic (exact) mass is 246 g/mol. The maximum Gasteiger partial charge on any atom is 0.223 e. The molecule has 0 bridgehead atoms. The number of nitrogens with zero attached hydrogens (tertiary/aromatic N) is 1. The van der Waals surface area contributed by atoms with Crippen molar-refractivity contribution in [1.82, 2.24) is 4.98 Å². The van der Waals surface area contributed by atoms with Gasteiger partial charge in [-0.3, -0.25) is 4.79 Å². The third-order valence-corrected chi connectivity index (χ3v) is 3.48. The Labute approximate surface area is 105 Å². The molecule has 0 atom stereocenters. The van der Waals surface area contributed by atoms with Gasteiger partial charge in [-0.05, 0) is 19.4 Å². The fourth-order valence-corrected chi connectivity index (χ4v) is 2.66. The minimum Gasteiger partial charge on any atom is -0.302 e. The van der Waals surface area contributed by atoms with E-state index in [-0.39, 0.29) is 5.91 Å². The molecule has 0 saturated carbocycles. The topological polar surface area (TPSA) is 42.0 Å². The van der Waals surface area contributed by atoms with Crippen LogP contribution in [-0.2, 0) is 4.79 Å². The number of hydrogen-bond donors (Lipinski definition) is 1. The molecular weight excluding hydrogens is 232 g/mol. The number of aromatic nitrogens is 1. The number of amides is 1. The number of carbonyl (C=O) groups is 1. The minimum atomic E-state index is -0.0884. The van der Waals surface area contributed by atoms with Crippen LogP contribution in [0.25, 0.3) is 10.4 Å². The summed E-state index contributed by atoms with van der Waals surface area (Å²) in [6.45, 7) is 5.51. The molecule has 0 aliphatic carbocycles. The van der Waals surface area contributed by atoms with E-state index in [4.69, 9.17) is 0 Å². The van der Waals surface area contributed by atoms with E-state index >= 15 is 0 Å². The Hall–Kier alpha value is -1.68. The van der Waals surface area contributed by atoms with Crippen molar-refractivity contribution in [2.45, 2.75) is 20.8 Å². The van der Waals surface area contributed by atoms with Crippen molar-refractivity contribution in [2.24, 2.45) is 0 Å². The maximum atomic E-state index is 11.0. The van der Waals surface area contributed by atoms with Gasteiger partial charge < -0.3 is 5.32 Å². The van der Waals surface area contributed by atoms with Crippen molar-refractivity contribution in [3.8, 4) is 10.4 Å². The SMILES string of the molecule is CC(=O)Nc1nc(C)c(-c2cccc(C)c2)s1. The van der Waals surface area contributed by atoms with Crippen LogP contribution in [0.4, 0.5) is 5.13 Å². The molecule has 0 radical (unpaired) electrons. The van der Waals surface area contributed by atoms with Crippen molar-refractivity contribution in [3.05, 3.63) is 35.5 Å². The molecule has 0 saturated heterocycles. The smallest absolute Gasteiger partial charge is 0.223 e. The van der Waals surface area contributed by atoms with Gasteiger partial charge in [-0.25, -0.2) is 4.98 Å². The Morgan fingerprint density at radius 3 is 2.76 bits per heavy atom. The summed E-state index contributed by atoms with van der Waals surface area (Å²) in [6, 6.07) is 8.28. The van der Waals surface area contributed by atoms with Crippen LogP contribution in [0, 0.1) is 13.8 Å². The van der Waals surface area contributed by atoms with Crippen LogP contribution in [0.5, 0.6) is 0 Å². The number of aryl methyl sites for hydroxylation is 2. The van der Waals surface area contributed by atoms with Crippen LogP contribution in [0.2, 0.25) is 0 Å². The summed E-state index contributed by atoms with van der Waals surface area (Å²) < 4.78 is 0. The summed E-state index contributed by atoms with van der Waals surface area (Å²) in [5, 5.41) is 3.38. The van der Waals surface area contributed by atoms with Crippen LogP contribution >= 0.6 is 11.3 Å². The number of benzene rings is 1. The highest BCUT2D eigenvalue weighted by atomic mass is 32.1. The van der Waals surface area contributed by atoms with Gasteiger partial charge >= 0.3 is 0 Å². The van der Waals surface area contributed by atoms with E-state index in [1.807, 2.05) is 13.0 Å². The highest BCUT2D eigenvalue weighted by molar-refractivity contribution is 7.19. The number of carbonyl (C=O) groups excluding carboxylic acids is 1. The van der Waals surface area contributed by atoms with Gasteiger partial charge in [0, 0.05) is 6.92 Å². The predicted molar refractivity (Wildman–Crippen MR) is 71.3 cm³/mol. The number of hydrogen-bond acceptors (Lipinski definition) is 3. The second-order valence-corrected chi connectivity index (χ2v) is 4.98. The van der Waals surface area contributed by atoms with Gasteiger partial charge in [0.1, 0.15) is 0 Å². The van der Waals surface area contributed by atoms with Crippen molar-refractivity contribution in [3.63, 3.8) is 0 Å². The first-order chi connectivity index (χ1) is 8.06. The van der Waals surface area contributed by atoms with E-state index < -0.39 is 0 Å². The molecule has 1 N–H and O–H groups in total. The molecule has 0 aliphatic heterocycles. The quantitative estimate of drug-likeness (QED) is 0.882. The largest absolute Gasteiger partial charge is 0.302 e. The first-order valence-corrected chi connectivity index (χ1v) is 6.20. The van der Waals surface area contributed by atoms with Crippen LogP contribution < -0.4 is 5.32 Å². The molecule has 4 heteroatoms. The molecule has 2 rings (SSSR count). The average Bonchev–Trinajstić information content (AvgIpc) is 2.58. The minimum absolute atomic E-state index is 0.0884. The molecule has 3 nitrogen and oxygen atoms in total. The van der Waals surface area contributed by atoms with Crippen molar-refractivity contribution in [1.29, 1.82) is 0 Å². The van der Waals surface area contributed by atoms with E-state index in [1.54, 1.807) is 0 Å². The molecule has 0 spiro atoms. The highest BCUT2D eigenvalue weighted by Gasteiger charge is 2.10. The fraction of sp³-hybridized carbons (Fsp3) is 0.231. The van der Waals surface area contributed by atoms with Gasteiger partial charge in [0.25, 0.3) is 0 Å². The third-order valence-electron chi connectivity index (χ3n) is 2.36. The van der Waals surface area contributed by atoms with Gasteiger partial charge in [-0.2, -0.15) is 0 Å². The van der Waals surface area contributed by atoms with Crippen LogP contribution in [0.1, 0.15) is 18.2 Å². The summed E-state index contributed by atoms with van der Waals surface area (Å²) in [4.78, 5) is 16.4. The Morgan fingerprint density at radius 2 is 2.12 bits per heavy atom. The number of anilines is 1. The predicted octanol–water partition coefficient (Wildman–Crippen LogP) is 3.39. The van der Waals surface area contributed by atoms with Crippen molar-refractivity contribution >= 4 is 22.4 Å². The molecule has 88 valence electrons. The van der Waals surface area contributed by atoms with E-state index in [9.17, 15) is 4.79 Å². The second kappa shape index (κ2) is 4.67. The third kappa shape index (κ3) is 2.71.